The van der Waals surface area contributed by atoms with Gasteiger partial charge in [0.05, 0.1) is 14.2 Å². The summed E-state index contributed by atoms with van der Waals surface area (Å²) in [4.78, 5) is 12.2. The minimum Gasteiger partial charge on any atom is -0.497 e. The molecule has 0 saturated carbocycles. The van der Waals surface area contributed by atoms with E-state index in [2.05, 4.69) is 0 Å². The second-order valence-electron chi connectivity index (χ2n) is 4.12. The van der Waals surface area contributed by atoms with E-state index >= 15 is 0 Å². The molecule has 1 heterocycles. The lowest BCUT2D eigenvalue weighted by molar-refractivity contribution is 0.104. The standard InChI is InChI=1S/C16H13NO3S/c1-19-14-4-3-11(15(8-14)20-2)7-13(9-17)16(18)12-5-6-21-10-12/h3-8,10H,1-2H3/b13-7-. The Bertz CT molecular complexity index is 712. The Morgan fingerprint density at radius 2 is 2.10 bits per heavy atom. The van der Waals surface area contributed by atoms with Crippen LogP contribution in [0.2, 0.25) is 0 Å². The molecule has 0 saturated heterocycles. The first kappa shape index (κ1) is 14.8. The number of ketones is 1. The van der Waals surface area contributed by atoms with Crippen LogP contribution >= 0.6 is 11.3 Å². The summed E-state index contributed by atoms with van der Waals surface area (Å²) in [6.07, 6.45) is 1.53. The highest BCUT2D eigenvalue weighted by atomic mass is 32.1. The summed E-state index contributed by atoms with van der Waals surface area (Å²) in [5, 5.41) is 12.7. The number of allylic oxidation sites excluding steroid dienone is 1. The maximum atomic E-state index is 12.2. The number of benzene rings is 1. The number of thiophene rings is 1. The zero-order valence-corrected chi connectivity index (χ0v) is 12.4. The maximum Gasteiger partial charge on any atom is 0.204 e. The SMILES string of the molecule is COc1ccc(/C=C(/C#N)C(=O)c2ccsc2)c(OC)c1. The van der Waals surface area contributed by atoms with Gasteiger partial charge in [-0.3, -0.25) is 4.79 Å². The van der Waals surface area contributed by atoms with Crippen LogP contribution in [-0.4, -0.2) is 20.0 Å². The van der Waals surface area contributed by atoms with E-state index in [1.54, 1.807) is 42.1 Å². The van der Waals surface area contributed by atoms with Crippen molar-refractivity contribution in [2.45, 2.75) is 0 Å². The van der Waals surface area contributed by atoms with E-state index in [-0.39, 0.29) is 11.4 Å². The van der Waals surface area contributed by atoms with E-state index in [0.717, 1.165) is 0 Å². The average Bonchev–Trinajstić information content (AvgIpc) is 3.06. The fourth-order valence-corrected chi connectivity index (χ4v) is 2.43. The predicted molar refractivity (Wildman–Crippen MR) is 81.8 cm³/mol. The van der Waals surface area contributed by atoms with Crippen molar-refractivity contribution in [3.8, 4) is 17.6 Å². The Labute approximate surface area is 126 Å². The first-order valence-corrected chi connectivity index (χ1v) is 7.04. The summed E-state index contributed by atoms with van der Waals surface area (Å²) in [7, 11) is 3.09. The third-order valence-electron chi connectivity index (χ3n) is 2.89. The Hall–Kier alpha value is -2.58. The van der Waals surface area contributed by atoms with Crippen LogP contribution in [0.1, 0.15) is 15.9 Å². The number of Topliss-reactive ketones (excluding diaryl/α,β-unsaturated/α-hetero) is 1. The molecule has 2 rings (SSSR count). The molecule has 106 valence electrons. The molecule has 21 heavy (non-hydrogen) atoms. The molecule has 0 aliphatic heterocycles. The van der Waals surface area contributed by atoms with Gasteiger partial charge in [0.1, 0.15) is 23.1 Å². The monoisotopic (exact) mass is 299 g/mol. The maximum absolute atomic E-state index is 12.2. The van der Waals surface area contributed by atoms with Crippen LogP contribution in [0, 0.1) is 11.3 Å². The van der Waals surface area contributed by atoms with Gasteiger partial charge in [-0.2, -0.15) is 16.6 Å². The predicted octanol–water partition coefficient (Wildman–Crippen LogP) is 3.56. The molecular formula is C16H13NO3S. The van der Waals surface area contributed by atoms with Crippen LogP contribution < -0.4 is 9.47 Å². The highest BCUT2D eigenvalue weighted by Crippen LogP contribution is 2.27. The summed E-state index contributed by atoms with van der Waals surface area (Å²) in [6.45, 7) is 0. The molecule has 0 atom stereocenters. The smallest absolute Gasteiger partial charge is 0.204 e. The number of rotatable bonds is 5. The van der Waals surface area contributed by atoms with Crippen molar-refractivity contribution in [2.24, 2.45) is 0 Å². The van der Waals surface area contributed by atoms with Crippen molar-refractivity contribution in [2.75, 3.05) is 14.2 Å². The molecule has 0 amide bonds. The fraction of sp³-hybridized carbons (Fsp3) is 0.125. The van der Waals surface area contributed by atoms with Crippen LogP contribution in [-0.2, 0) is 0 Å². The van der Waals surface area contributed by atoms with Crippen molar-refractivity contribution in [3.05, 3.63) is 51.7 Å². The molecule has 0 radical (unpaired) electrons. The van der Waals surface area contributed by atoms with E-state index in [1.165, 1.54) is 24.5 Å². The van der Waals surface area contributed by atoms with Gasteiger partial charge in [-0.1, -0.05) is 0 Å². The Kier molecular flexibility index (Phi) is 4.75. The van der Waals surface area contributed by atoms with Crippen LogP contribution in [0.15, 0.2) is 40.6 Å². The number of hydrogen-bond acceptors (Lipinski definition) is 5. The van der Waals surface area contributed by atoms with Gasteiger partial charge in [-0.05, 0) is 29.7 Å². The number of nitrogens with zero attached hydrogens (tertiary/aromatic N) is 1. The van der Waals surface area contributed by atoms with Gasteiger partial charge in [0.15, 0.2) is 0 Å². The number of methoxy groups -OCH3 is 2. The van der Waals surface area contributed by atoms with Crippen molar-refractivity contribution < 1.29 is 14.3 Å². The van der Waals surface area contributed by atoms with Gasteiger partial charge in [0, 0.05) is 22.6 Å². The summed E-state index contributed by atoms with van der Waals surface area (Å²) in [5.74, 6) is 0.892. The molecule has 0 fully saturated rings. The number of nitriles is 1. The quantitative estimate of drug-likeness (QED) is 0.481. The second-order valence-corrected chi connectivity index (χ2v) is 4.90. The normalized spacial score (nSPS) is 10.8. The van der Waals surface area contributed by atoms with E-state index in [9.17, 15) is 10.1 Å². The molecule has 0 unspecified atom stereocenters. The molecule has 4 nitrogen and oxygen atoms in total. The minimum absolute atomic E-state index is 0.0665. The van der Waals surface area contributed by atoms with Crippen molar-refractivity contribution in [1.29, 1.82) is 5.26 Å². The van der Waals surface area contributed by atoms with Gasteiger partial charge >= 0.3 is 0 Å². The highest BCUT2D eigenvalue weighted by Gasteiger charge is 2.13. The van der Waals surface area contributed by atoms with Gasteiger partial charge in [0.25, 0.3) is 0 Å². The van der Waals surface area contributed by atoms with Gasteiger partial charge in [0.2, 0.25) is 5.78 Å². The summed E-state index contributed by atoms with van der Waals surface area (Å²) in [6, 6.07) is 8.84. The number of hydrogen-bond donors (Lipinski definition) is 0. The second kappa shape index (κ2) is 6.73. The fourth-order valence-electron chi connectivity index (χ4n) is 1.79. The molecule has 5 heteroatoms. The van der Waals surface area contributed by atoms with Crippen LogP contribution in [0.5, 0.6) is 11.5 Å². The molecule has 0 spiro atoms. The molecule has 1 aromatic heterocycles. The zero-order valence-electron chi connectivity index (χ0n) is 11.6. The topological polar surface area (TPSA) is 59.3 Å². The van der Waals surface area contributed by atoms with Crippen LogP contribution in [0.4, 0.5) is 0 Å². The molecule has 0 aliphatic carbocycles. The number of carbonyl (C=O) groups excluding carboxylic acids is 1. The summed E-state index contributed by atoms with van der Waals surface area (Å²) >= 11 is 1.42. The van der Waals surface area contributed by atoms with E-state index in [4.69, 9.17) is 9.47 Å². The highest BCUT2D eigenvalue weighted by molar-refractivity contribution is 7.08. The van der Waals surface area contributed by atoms with Gasteiger partial charge in [-0.25, -0.2) is 0 Å². The summed E-state index contributed by atoms with van der Waals surface area (Å²) < 4.78 is 10.4. The number of ether oxygens (including phenoxy) is 2. The van der Waals surface area contributed by atoms with Crippen molar-refractivity contribution in [1.82, 2.24) is 0 Å². The Morgan fingerprint density at radius 1 is 1.29 bits per heavy atom. The van der Waals surface area contributed by atoms with Gasteiger partial charge in [-0.15, -0.1) is 0 Å². The first-order chi connectivity index (χ1) is 10.2. The lowest BCUT2D eigenvalue weighted by Gasteiger charge is -2.07. The van der Waals surface area contributed by atoms with Crippen molar-refractivity contribution >= 4 is 23.2 Å². The van der Waals surface area contributed by atoms with Crippen LogP contribution in [0.25, 0.3) is 6.08 Å². The van der Waals surface area contributed by atoms with Crippen LogP contribution in [0.3, 0.4) is 0 Å². The minimum atomic E-state index is -0.295. The number of carbonyl (C=O) groups is 1. The van der Waals surface area contributed by atoms with Crippen molar-refractivity contribution in [3.63, 3.8) is 0 Å². The molecular weight excluding hydrogens is 286 g/mol. The summed E-state index contributed by atoms with van der Waals surface area (Å²) in [5.41, 5.74) is 1.23. The van der Waals surface area contributed by atoms with Gasteiger partial charge < -0.3 is 9.47 Å². The first-order valence-electron chi connectivity index (χ1n) is 6.10. The van der Waals surface area contributed by atoms with E-state index in [1.807, 2.05) is 6.07 Å². The molecule has 1 aromatic carbocycles. The lowest BCUT2D eigenvalue weighted by Crippen LogP contribution is -2.00. The molecule has 2 aromatic rings. The molecule has 0 aliphatic rings. The third kappa shape index (κ3) is 3.30. The average molecular weight is 299 g/mol. The largest absolute Gasteiger partial charge is 0.497 e. The van der Waals surface area contributed by atoms with E-state index < -0.39 is 0 Å². The molecule has 0 N–H and O–H groups in total. The lowest BCUT2D eigenvalue weighted by atomic mass is 10.0. The van der Waals surface area contributed by atoms with E-state index in [0.29, 0.717) is 22.6 Å². The molecule has 0 bridgehead atoms. The Balaban J connectivity index is 2.41. The zero-order chi connectivity index (χ0) is 15.2. The Morgan fingerprint density at radius 3 is 2.67 bits per heavy atom. The third-order valence-corrected chi connectivity index (χ3v) is 3.57.